The molecule has 1 aromatic carbocycles. The highest BCUT2D eigenvalue weighted by atomic mass is 16.5. The molecule has 3 rings (SSSR count). The summed E-state index contributed by atoms with van der Waals surface area (Å²) in [5.41, 5.74) is 1.80. The molecule has 0 aromatic heterocycles. The first kappa shape index (κ1) is 13.6. The van der Waals surface area contributed by atoms with Crippen LogP contribution in [0.1, 0.15) is 56.6 Å². The minimum atomic E-state index is -0.625. The van der Waals surface area contributed by atoms with Gasteiger partial charge in [-0.3, -0.25) is 5.32 Å². The van der Waals surface area contributed by atoms with E-state index in [9.17, 15) is 4.79 Å². The molecule has 1 aromatic rings. The number of benzene rings is 1. The Labute approximate surface area is 120 Å². The molecule has 1 fully saturated rings. The maximum atomic E-state index is 12.7. The van der Waals surface area contributed by atoms with Crippen LogP contribution in [-0.2, 0) is 15.1 Å². The van der Waals surface area contributed by atoms with Crippen molar-refractivity contribution in [1.82, 2.24) is 5.32 Å². The standard InChI is InChI=1S/C17H23NO2/c1-3-20-16(19)17(18-13-8-9-13)11-10-12(2)14-6-4-5-7-15(14)17/h4-7,12-13,18H,3,8-11H2,1-2H3. The van der Waals surface area contributed by atoms with Crippen molar-refractivity contribution >= 4 is 5.97 Å². The third-order valence-electron chi connectivity index (χ3n) is 4.56. The van der Waals surface area contributed by atoms with E-state index >= 15 is 0 Å². The van der Waals surface area contributed by atoms with Crippen LogP contribution in [0.4, 0.5) is 0 Å². The zero-order chi connectivity index (χ0) is 14.2. The monoisotopic (exact) mass is 273 g/mol. The summed E-state index contributed by atoms with van der Waals surface area (Å²) in [7, 11) is 0. The van der Waals surface area contributed by atoms with Gasteiger partial charge in [0.25, 0.3) is 0 Å². The topological polar surface area (TPSA) is 38.3 Å². The van der Waals surface area contributed by atoms with Crippen LogP contribution in [0, 0.1) is 0 Å². The van der Waals surface area contributed by atoms with Gasteiger partial charge in [-0.15, -0.1) is 0 Å². The van der Waals surface area contributed by atoms with Crippen LogP contribution < -0.4 is 5.32 Å². The van der Waals surface area contributed by atoms with Crippen LogP contribution in [0.25, 0.3) is 0 Å². The molecule has 108 valence electrons. The normalized spacial score (nSPS) is 28.8. The second-order valence-corrected chi connectivity index (χ2v) is 6.07. The third-order valence-corrected chi connectivity index (χ3v) is 4.56. The van der Waals surface area contributed by atoms with Gasteiger partial charge in [-0.1, -0.05) is 31.2 Å². The Hall–Kier alpha value is -1.35. The molecule has 3 heteroatoms. The van der Waals surface area contributed by atoms with Crippen molar-refractivity contribution in [3.8, 4) is 0 Å². The molecule has 1 N–H and O–H groups in total. The van der Waals surface area contributed by atoms with Crippen molar-refractivity contribution in [2.75, 3.05) is 6.61 Å². The Bertz CT molecular complexity index is 509. The maximum Gasteiger partial charge on any atom is 0.331 e. The van der Waals surface area contributed by atoms with Crippen LogP contribution in [-0.4, -0.2) is 18.6 Å². The van der Waals surface area contributed by atoms with Gasteiger partial charge in [0.1, 0.15) is 5.54 Å². The van der Waals surface area contributed by atoms with E-state index < -0.39 is 5.54 Å². The zero-order valence-corrected chi connectivity index (χ0v) is 12.3. The maximum absolute atomic E-state index is 12.7. The first-order chi connectivity index (χ1) is 9.67. The zero-order valence-electron chi connectivity index (χ0n) is 12.3. The molecule has 2 atom stereocenters. The highest BCUT2D eigenvalue weighted by Crippen LogP contribution is 2.43. The number of hydrogen-bond donors (Lipinski definition) is 1. The molecule has 0 aliphatic heterocycles. The third kappa shape index (κ3) is 2.24. The molecule has 2 unspecified atom stereocenters. The smallest absolute Gasteiger partial charge is 0.331 e. The van der Waals surface area contributed by atoms with E-state index in [0.29, 0.717) is 18.6 Å². The summed E-state index contributed by atoms with van der Waals surface area (Å²) in [6.45, 7) is 4.55. The first-order valence-corrected chi connectivity index (χ1v) is 7.71. The summed E-state index contributed by atoms with van der Waals surface area (Å²) in [4.78, 5) is 12.7. The molecule has 2 aliphatic rings. The molecule has 1 saturated carbocycles. The number of ether oxygens (including phenoxy) is 1. The second-order valence-electron chi connectivity index (χ2n) is 6.07. The summed E-state index contributed by atoms with van der Waals surface area (Å²) in [6.07, 6.45) is 4.19. The fourth-order valence-corrected chi connectivity index (χ4v) is 3.29. The van der Waals surface area contributed by atoms with Crippen LogP contribution >= 0.6 is 0 Å². The lowest BCUT2D eigenvalue weighted by atomic mass is 9.72. The van der Waals surface area contributed by atoms with E-state index in [1.807, 2.05) is 13.0 Å². The van der Waals surface area contributed by atoms with Crippen LogP contribution in [0.15, 0.2) is 24.3 Å². The van der Waals surface area contributed by atoms with E-state index in [0.717, 1.165) is 18.4 Å². The number of carbonyl (C=O) groups excluding carboxylic acids is 1. The van der Waals surface area contributed by atoms with E-state index in [1.165, 1.54) is 18.4 Å². The molecule has 0 spiro atoms. The van der Waals surface area contributed by atoms with Gasteiger partial charge in [0.15, 0.2) is 0 Å². The number of nitrogens with one attached hydrogen (secondary N) is 1. The minimum absolute atomic E-state index is 0.105. The van der Waals surface area contributed by atoms with Crippen molar-refractivity contribution in [2.45, 2.75) is 57.0 Å². The number of esters is 1. The van der Waals surface area contributed by atoms with Gasteiger partial charge in [0.2, 0.25) is 0 Å². The van der Waals surface area contributed by atoms with Gasteiger partial charge < -0.3 is 4.74 Å². The van der Waals surface area contributed by atoms with Crippen molar-refractivity contribution < 1.29 is 9.53 Å². The molecule has 0 bridgehead atoms. The summed E-state index contributed by atoms with van der Waals surface area (Å²) in [5, 5.41) is 3.59. The first-order valence-electron chi connectivity index (χ1n) is 7.71. The van der Waals surface area contributed by atoms with E-state index in [2.05, 4.69) is 30.4 Å². The Morgan fingerprint density at radius 1 is 1.35 bits per heavy atom. The predicted molar refractivity (Wildman–Crippen MR) is 78.6 cm³/mol. The SMILES string of the molecule is CCOC(=O)C1(NC2CC2)CCC(C)c2ccccc21. The average Bonchev–Trinajstić information content (AvgIpc) is 3.27. The van der Waals surface area contributed by atoms with Crippen molar-refractivity contribution in [3.63, 3.8) is 0 Å². The van der Waals surface area contributed by atoms with Gasteiger partial charge in [-0.25, -0.2) is 4.79 Å². The quantitative estimate of drug-likeness (QED) is 0.857. The largest absolute Gasteiger partial charge is 0.464 e. The predicted octanol–water partition coefficient (Wildman–Crippen LogP) is 3.09. The molecule has 2 aliphatic carbocycles. The Morgan fingerprint density at radius 3 is 2.80 bits per heavy atom. The van der Waals surface area contributed by atoms with Gasteiger partial charge in [0.05, 0.1) is 6.61 Å². The Balaban J connectivity index is 2.04. The summed E-state index contributed by atoms with van der Waals surface area (Å²) >= 11 is 0. The molecular formula is C17H23NO2. The van der Waals surface area contributed by atoms with Gasteiger partial charge in [-0.05, 0) is 49.7 Å². The van der Waals surface area contributed by atoms with E-state index in [4.69, 9.17) is 4.74 Å². The Kier molecular flexibility index (Phi) is 3.55. The van der Waals surface area contributed by atoms with Gasteiger partial charge >= 0.3 is 5.97 Å². The molecule has 3 nitrogen and oxygen atoms in total. The molecule has 20 heavy (non-hydrogen) atoms. The summed E-state index contributed by atoms with van der Waals surface area (Å²) < 4.78 is 5.40. The molecule has 0 saturated heterocycles. The lowest BCUT2D eigenvalue weighted by Crippen LogP contribution is -2.53. The highest BCUT2D eigenvalue weighted by Gasteiger charge is 2.48. The van der Waals surface area contributed by atoms with Gasteiger partial charge in [0, 0.05) is 6.04 Å². The summed E-state index contributed by atoms with van der Waals surface area (Å²) in [5.74, 6) is 0.404. The molecule has 0 amide bonds. The number of hydrogen-bond acceptors (Lipinski definition) is 3. The van der Waals surface area contributed by atoms with E-state index in [1.54, 1.807) is 0 Å². The lowest BCUT2D eigenvalue weighted by Gasteiger charge is -2.40. The van der Waals surface area contributed by atoms with Crippen LogP contribution in [0.2, 0.25) is 0 Å². The molecule has 0 radical (unpaired) electrons. The number of fused-ring (bicyclic) bond motifs is 1. The van der Waals surface area contributed by atoms with Crippen molar-refractivity contribution in [1.29, 1.82) is 0 Å². The Morgan fingerprint density at radius 2 is 2.10 bits per heavy atom. The summed E-state index contributed by atoms with van der Waals surface area (Å²) in [6, 6.07) is 8.81. The van der Waals surface area contributed by atoms with E-state index in [-0.39, 0.29) is 5.97 Å². The molecular weight excluding hydrogens is 250 g/mol. The van der Waals surface area contributed by atoms with Crippen LogP contribution in [0.5, 0.6) is 0 Å². The number of rotatable bonds is 4. The van der Waals surface area contributed by atoms with Crippen LogP contribution in [0.3, 0.4) is 0 Å². The fraction of sp³-hybridized carbons (Fsp3) is 0.588. The van der Waals surface area contributed by atoms with Crippen molar-refractivity contribution in [3.05, 3.63) is 35.4 Å². The second kappa shape index (κ2) is 5.21. The molecule has 0 heterocycles. The highest BCUT2D eigenvalue weighted by molar-refractivity contribution is 5.84. The minimum Gasteiger partial charge on any atom is -0.464 e. The number of carbonyl (C=O) groups is 1. The fourth-order valence-electron chi connectivity index (χ4n) is 3.29. The lowest BCUT2D eigenvalue weighted by molar-refractivity contribution is -0.152. The van der Waals surface area contributed by atoms with Gasteiger partial charge in [-0.2, -0.15) is 0 Å². The average molecular weight is 273 g/mol. The van der Waals surface area contributed by atoms with Crippen molar-refractivity contribution in [2.24, 2.45) is 0 Å².